The summed E-state index contributed by atoms with van der Waals surface area (Å²) < 4.78 is 4.53. The van der Waals surface area contributed by atoms with E-state index in [1.54, 1.807) is 20.8 Å². The molecule has 2 amide bonds. The second kappa shape index (κ2) is 9.34. The number of ether oxygens (including phenoxy) is 1. The van der Waals surface area contributed by atoms with E-state index in [-0.39, 0.29) is 24.3 Å². The van der Waals surface area contributed by atoms with E-state index >= 15 is 0 Å². The third kappa shape index (κ3) is 9.35. The highest BCUT2D eigenvalue weighted by atomic mass is 16.5. The van der Waals surface area contributed by atoms with Crippen LogP contribution < -0.4 is 10.6 Å². The minimum absolute atomic E-state index is 0.00172. The molecule has 0 spiro atoms. The number of carbonyl (C=O) groups excluding carboxylic acids is 3. The fourth-order valence-electron chi connectivity index (χ4n) is 1.39. The largest absolute Gasteiger partial charge is 0.469 e. The van der Waals surface area contributed by atoms with Gasteiger partial charge in [0, 0.05) is 18.4 Å². The van der Waals surface area contributed by atoms with E-state index in [2.05, 4.69) is 15.4 Å². The highest BCUT2D eigenvalue weighted by Gasteiger charge is 2.21. The molecule has 0 aliphatic heterocycles. The normalized spacial score (nSPS) is 10.8. The Balaban J connectivity index is 3.55. The first kappa shape index (κ1) is 18.4. The van der Waals surface area contributed by atoms with Gasteiger partial charge in [0.05, 0.1) is 13.7 Å². The third-order valence-electron chi connectivity index (χ3n) is 2.70. The lowest BCUT2D eigenvalue weighted by atomic mass is 9.96. The van der Waals surface area contributed by atoms with Gasteiger partial charge in [-0.15, -0.1) is 0 Å². The molecule has 2 N–H and O–H groups in total. The van der Waals surface area contributed by atoms with Crippen molar-refractivity contribution in [2.45, 2.75) is 46.5 Å². The van der Waals surface area contributed by atoms with Crippen LogP contribution in [0, 0.1) is 5.41 Å². The van der Waals surface area contributed by atoms with Gasteiger partial charge in [-0.3, -0.25) is 14.4 Å². The first-order chi connectivity index (χ1) is 9.27. The quantitative estimate of drug-likeness (QED) is 0.515. The molecule has 0 aromatic rings. The number of methoxy groups -OCH3 is 1. The number of unbranched alkanes of at least 4 members (excludes halogenated alkanes) is 2. The summed E-state index contributed by atoms with van der Waals surface area (Å²) in [6.07, 6.45) is 2.81. The minimum Gasteiger partial charge on any atom is -0.469 e. The van der Waals surface area contributed by atoms with Crippen molar-refractivity contribution < 1.29 is 19.1 Å². The van der Waals surface area contributed by atoms with E-state index < -0.39 is 5.41 Å². The van der Waals surface area contributed by atoms with Crippen LogP contribution >= 0.6 is 0 Å². The fraction of sp³-hybridized carbons (Fsp3) is 0.786. The molecule has 0 atom stereocenters. The first-order valence-corrected chi connectivity index (χ1v) is 6.89. The Hall–Kier alpha value is -1.59. The van der Waals surface area contributed by atoms with Gasteiger partial charge in [0.15, 0.2) is 0 Å². The van der Waals surface area contributed by atoms with Gasteiger partial charge in [0.1, 0.15) is 0 Å². The maximum absolute atomic E-state index is 11.5. The minimum atomic E-state index is -0.492. The molecule has 116 valence electrons. The molecule has 0 fully saturated rings. The summed E-state index contributed by atoms with van der Waals surface area (Å²) >= 11 is 0. The zero-order valence-electron chi connectivity index (χ0n) is 12.9. The molecular formula is C14H26N2O4. The molecule has 0 heterocycles. The van der Waals surface area contributed by atoms with Crippen LogP contribution in [0.3, 0.4) is 0 Å². The van der Waals surface area contributed by atoms with E-state index in [1.807, 2.05) is 0 Å². The van der Waals surface area contributed by atoms with Crippen molar-refractivity contribution in [2.24, 2.45) is 5.41 Å². The van der Waals surface area contributed by atoms with Crippen molar-refractivity contribution >= 4 is 17.8 Å². The lowest BCUT2D eigenvalue weighted by Crippen LogP contribution is -2.41. The van der Waals surface area contributed by atoms with Crippen LogP contribution in [-0.2, 0) is 19.1 Å². The molecule has 0 bridgehead atoms. The second-order valence-corrected chi connectivity index (χ2v) is 5.67. The average Bonchev–Trinajstić information content (AvgIpc) is 2.38. The van der Waals surface area contributed by atoms with Crippen molar-refractivity contribution in [3.8, 4) is 0 Å². The van der Waals surface area contributed by atoms with Crippen molar-refractivity contribution in [2.75, 3.05) is 20.2 Å². The van der Waals surface area contributed by atoms with Crippen LogP contribution in [-0.4, -0.2) is 38.0 Å². The number of esters is 1. The van der Waals surface area contributed by atoms with E-state index in [9.17, 15) is 14.4 Å². The first-order valence-electron chi connectivity index (χ1n) is 6.89. The van der Waals surface area contributed by atoms with E-state index in [4.69, 9.17) is 0 Å². The van der Waals surface area contributed by atoms with Crippen LogP contribution in [0.15, 0.2) is 0 Å². The standard InChI is InChI=1S/C14H26N2O4/c1-14(2,3)13(19)16-10-11(17)15-9-7-5-6-8-12(18)20-4/h5-10H2,1-4H3,(H,15,17)(H,16,19). The summed E-state index contributed by atoms with van der Waals surface area (Å²) in [5.74, 6) is -0.555. The third-order valence-corrected chi connectivity index (χ3v) is 2.70. The molecular weight excluding hydrogens is 260 g/mol. The molecule has 0 aromatic heterocycles. The van der Waals surface area contributed by atoms with E-state index in [0.29, 0.717) is 13.0 Å². The molecule has 0 saturated heterocycles. The Kier molecular flexibility index (Phi) is 8.59. The fourth-order valence-corrected chi connectivity index (χ4v) is 1.39. The number of nitrogens with one attached hydrogen (secondary N) is 2. The maximum Gasteiger partial charge on any atom is 0.305 e. The molecule has 0 rings (SSSR count). The number of amides is 2. The van der Waals surface area contributed by atoms with Gasteiger partial charge in [-0.2, -0.15) is 0 Å². The number of hydrogen-bond acceptors (Lipinski definition) is 4. The van der Waals surface area contributed by atoms with Gasteiger partial charge >= 0.3 is 5.97 Å². The monoisotopic (exact) mass is 286 g/mol. The predicted molar refractivity (Wildman–Crippen MR) is 76.0 cm³/mol. The smallest absolute Gasteiger partial charge is 0.305 e. The van der Waals surface area contributed by atoms with Gasteiger partial charge in [-0.1, -0.05) is 27.2 Å². The van der Waals surface area contributed by atoms with Gasteiger partial charge in [0.2, 0.25) is 11.8 Å². The van der Waals surface area contributed by atoms with Crippen molar-refractivity contribution in [1.82, 2.24) is 10.6 Å². The van der Waals surface area contributed by atoms with Crippen LogP contribution in [0.2, 0.25) is 0 Å². The van der Waals surface area contributed by atoms with Gasteiger partial charge in [-0.25, -0.2) is 0 Å². The summed E-state index contributed by atoms with van der Waals surface area (Å²) in [6, 6.07) is 0. The summed E-state index contributed by atoms with van der Waals surface area (Å²) in [7, 11) is 1.37. The Bertz CT molecular complexity index is 335. The van der Waals surface area contributed by atoms with Gasteiger partial charge < -0.3 is 15.4 Å². The zero-order valence-corrected chi connectivity index (χ0v) is 12.9. The van der Waals surface area contributed by atoms with Gasteiger partial charge in [0.25, 0.3) is 0 Å². The van der Waals surface area contributed by atoms with Crippen LogP contribution in [0.1, 0.15) is 46.5 Å². The average molecular weight is 286 g/mol. The molecule has 0 aliphatic rings. The zero-order chi connectivity index (χ0) is 15.6. The summed E-state index contributed by atoms with van der Waals surface area (Å²) in [5, 5.41) is 5.31. The topological polar surface area (TPSA) is 84.5 Å². The van der Waals surface area contributed by atoms with Crippen molar-refractivity contribution in [3.05, 3.63) is 0 Å². The summed E-state index contributed by atoms with van der Waals surface area (Å²) in [6.45, 7) is 5.92. The number of hydrogen-bond donors (Lipinski definition) is 2. The van der Waals surface area contributed by atoms with E-state index in [1.165, 1.54) is 7.11 Å². The molecule has 20 heavy (non-hydrogen) atoms. The molecule has 0 saturated carbocycles. The Labute approximate surface area is 120 Å². The van der Waals surface area contributed by atoms with Crippen LogP contribution in [0.5, 0.6) is 0 Å². The molecule has 0 unspecified atom stereocenters. The Morgan fingerprint density at radius 3 is 2.20 bits per heavy atom. The molecule has 0 aromatic carbocycles. The highest BCUT2D eigenvalue weighted by Crippen LogP contribution is 2.11. The van der Waals surface area contributed by atoms with Crippen molar-refractivity contribution in [3.63, 3.8) is 0 Å². The molecule has 6 heteroatoms. The molecule has 0 radical (unpaired) electrons. The lowest BCUT2D eigenvalue weighted by Gasteiger charge is -2.17. The second-order valence-electron chi connectivity index (χ2n) is 5.67. The van der Waals surface area contributed by atoms with Crippen LogP contribution in [0.25, 0.3) is 0 Å². The van der Waals surface area contributed by atoms with E-state index in [0.717, 1.165) is 19.3 Å². The summed E-state index contributed by atoms with van der Waals surface area (Å²) in [5.41, 5.74) is -0.492. The predicted octanol–water partition coefficient (Wildman–Crippen LogP) is 0.998. The SMILES string of the molecule is COC(=O)CCCCCNC(=O)CNC(=O)C(C)(C)C. The number of carbonyl (C=O) groups is 3. The molecule has 6 nitrogen and oxygen atoms in total. The maximum atomic E-state index is 11.5. The Morgan fingerprint density at radius 1 is 1.00 bits per heavy atom. The number of rotatable bonds is 8. The van der Waals surface area contributed by atoms with Gasteiger partial charge in [-0.05, 0) is 12.8 Å². The summed E-state index contributed by atoms with van der Waals surface area (Å²) in [4.78, 5) is 33.9. The van der Waals surface area contributed by atoms with Crippen LogP contribution in [0.4, 0.5) is 0 Å². The lowest BCUT2D eigenvalue weighted by molar-refractivity contribution is -0.140. The Morgan fingerprint density at radius 2 is 1.65 bits per heavy atom. The molecule has 0 aliphatic carbocycles. The van der Waals surface area contributed by atoms with Crippen molar-refractivity contribution in [1.29, 1.82) is 0 Å². The highest BCUT2D eigenvalue weighted by molar-refractivity contribution is 5.87.